The summed E-state index contributed by atoms with van der Waals surface area (Å²) in [6.45, 7) is 5.24. The zero-order valence-electron chi connectivity index (χ0n) is 13.6. The van der Waals surface area contributed by atoms with Crippen molar-refractivity contribution in [2.45, 2.75) is 39.7 Å². The maximum Gasteiger partial charge on any atom is 0.160 e. The van der Waals surface area contributed by atoms with E-state index < -0.39 is 0 Å². The van der Waals surface area contributed by atoms with Gasteiger partial charge in [0, 0.05) is 18.5 Å². The fraction of sp³-hybridized carbons (Fsp3) is 0.353. The normalized spacial score (nSPS) is 11.2. The van der Waals surface area contributed by atoms with Crippen molar-refractivity contribution in [3.63, 3.8) is 0 Å². The fourth-order valence-corrected chi connectivity index (χ4v) is 2.75. The average Bonchev–Trinajstić information content (AvgIpc) is 2.88. The molecule has 0 fully saturated rings. The molecule has 0 spiro atoms. The lowest BCUT2D eigenvalue weighted by Gasteiger charge is -2.08. The third-order valence-corrected chi connectivity index (χ3v) is 3.88. The molecule has 3 heterocycles. The van der Waals surface area contributed by atoms with Gasteiger partial charge < -0.3 is 16.0 Å². The molecule has 6 heteroatoms. The number of anilines is 2. The minimum atomic E-state index is 0.399. The number of nitrogens with two attached hydrogens (primary N) is 2. The summed E-state index contributed by atoms with van der Waals surface area (Å²) in [5, 5.41) is 0. The first-order chi connectivity index (χ1) is 11.1. The third kappa shape index (κ3) is 2.97. The number of aromatic nitrogens is 4. The van der Waals surface area contributed by atoms with Gasteiger partial charge in [-0.15, -0.1) is 0 Å². The molecule has 0 aliphatic rings. The lowest BCUT2D eigenvalue weighted by atomic mass is 10.1. The molecule has 0 saturated heterocycles. The van der Waals surface area contributed by atoms with Crippen LogP contribution in [-0.2, 0) is 13.0 Å². The van der Waals surface area contributed by atoms with Crippen LogP contribution in [0.2, 0.25) is 0 Å². The van der Waals surface area contributed by atoms with E-state index in [1.54, 1.807) is 12.1 Å². The van der Waals surface area contributed by atoms with Gasteiger partial charge in [-0.1, -0.05) is 20.3 Å². The predicted molar refractivity (Wildman–Crippen MR) is 93.9 cm³/mol. The van der Waals surface area contributed by atoms with Crippen LogP contribution in [0, 0.1) is 0 Å². The van der Waals surface area contributed by atoms with Crippen molar-refractivity contribution in [3.8, 4) is 11.3 Å². The van der Waals surface area contributed by atoms with Gasteiger partial charge in [-0.25, -0.2) is 15.0 Å². The van der Waals surface area contributed by atoms with Crippen LogP contribution < -0.4 is 11.5 Å². The first kappa shape index (κ1) is 15.3. The van der Waals surface area contributed by atoms with Crippen LogP contribution in [0.1, 0.15) is 32.5 Å². The number of nitrogen functional groups attached to an aromatic ring is 2. The maximum absolute atomic E-state index is 5.79. The molecule has 0 atom stereocenters. The smallest absolute Gasteiger partial charge is 0.160 e. The van der Waals surface area contributed by atoms with E-state index in [9.17, 15) is 0 Å². The number of nitrogens with zero attached hydrogens (tertiary/aromatic N) is 4. The topological polar surface area (TPSA) is 95.6 Å². The Balaban J connectivity index is 2.13. The lowest BCUT2D eigenvalue weighted by molar-refractivity contribution is 0.616. The molecule has 0 amide bonds. The number of rotatable bonds is 5. The van der Waals surface area contributed by atoms with E-state index >= 15 is 0 Å². The molecular formula is C17H22N6. The van der Waals surface area contributed by atoms with Crippen LogP contribution in [-0.4, -0.2) is 19.5 Å². The van der Waals surface area contributed by atoms with Crippen LogP contribution in [0.3, 0.4) is 0 Å². The second-order valence-corrected chi connectivity index (χ2v) is 5.63. The number of pyridine rings is 2. The van der Waals surface area contributed by atoms with E-state index in [0.29, 0.717) is 11.6 Å². The van der Waals surface area contributed by atoms with Crippen LogP contribution in [0.5, 0.6) is 0 Å². The number of aryl methyl sites for hydroxylation is 2. The van der Waals surface area contributed by atoms with Crippen LogP contribution >= 0.6 is 0 Å². The summed E-state index contributed by atoms with van der Waals surface area (Å²) >= 11 is 0. The molecule has 0 aromatic carbocycles. The van der Waals surface area contributed by atoms with Crippen molar-refractivity contribution in [2.24, 2.45) is 0 Å². The Morgan fingerprint density at radius 3 is 2.39 bits per heavy atom. The van der Waals surface area contributed by atoms with Gasteiger partial charge in [0.05, 0.1) is 5.69 Å². The van der Waals surface area contributed by atoms with Gasteiger partial charge in [0.2, 0.25) is 0 Å². The molecule has 0 radical (unpaired) electrons. The maximum atomic E-state index is 5.79. The molecule has 4 N–H and O–H groups in total. The minimum Gasteiger partial charge on any atom is -0.384 e. The second kappa shape index (κ2) is 6.24. The Labute approximate surface area is 135 Å². The average molecular weight is 310 g/mol. The molecular weight excluding hydrogens is 288 g/mol. The minimum absolute atomic E-state index is 0.399. The monoisotopic (exact) mass is 310 g/mol. The lowest BCUT2D eigenvalue weighted by Crippen LogP contribution is -2.04. The number of hydrogen-bond donors (Lipinski definition) is 2. The SMILES string of the molecule is CCCCn1c(CC)nc2ccc(-c3cc(N)nc(N)c3)nc21. The van der Waals surface area contributed by atoms with Crippen molar-refractivity contribution >= 4 is 22.8 Å². The summed E-state index contributed by atoms with van der Waals surface area (Å²) in [6, 6.07) is 7.54. The van der Waals surface area contributed by atoms with Crippen molar-refractivity contribution in [1.82, 2.24) is 19.5 Å². The highest BCUT2D eigenvalue weighted by molar-refractivity contribution is 5.77. The van der Waals surface area contributed by atoms with Crippen LogP contribution in [0.4, 0.5) is 11.6 Å². The molecule has 0 aliphatic heterocycles. The highest BCUT2D eigenvalue weighted by atomic mass is 15.1. The summed E-state index contributed by atoms with van der Waals surface area (Å²) < 4.78 is 2.22. The quantitative estimate of drug-likeness (QED) is 0.755. The number of imidazole rings is 1. The molecule has 3 aromatic rings. The van der Waals surface area contributed by atoms with Crippen LogP contribution in [0.15, 0.2) is 24.3 Å². The Morgan fingerprint density at radius 2 is 1.74 bits per heavy atom. The van der Waals surface area contributed by atoms with Crippen molar-refractivity contribution < 1.29 is 0 Å². The molecule has 3 aromatic heterocycles. The predicted octanol–water partition coefficient (Wildman–Crippen LogP) is 3.02. The largest absolute Gasteiger partial charge is 0.384 e. The van der Waals surface area contributed by atoms with E-state index in [1.807, 2.05) is 12.1 Å². The highest BCUT2D eigenvalue weighted by Crippen LogP contribution is 2.24. The first-order valence-electron chi connectivity index (χ1n) is 8.02. The molecule has 3 rings (SSSR count). The third-order valence-electron chi connectivity index (χ3n) is 3.88. The van der Waals surface area contributed by atoms with Gasteiger partial charge in [0.15, 0.2) is 5.65 Å². The summed E-state index contributed by atoms with van der Waals surface area (Å²) in [5.41, 5.74) is 15.1. The Morgan fingerprint density at radius 1 is 1.00 bits per heavy atom. The molecule has 120 valence electrons. The van der Waals surface area contributed by atoms with Gasteiger partial charge in [0.25, 0.3) is 0 Å². The van der Waals surface area contributed by atoms with E-state index in [4.69, 9.17) is 21.4 Å². The van der Waals surface area contributed by atoms with Crippen molar-refractivity contribution in [2.75, 3.05) is 11.5 Å². The Kier molecular flexibility index (Phi) is 4.14. The van der Waals surface area contributed by atoms with Gasteiger partial charge in [0.1, 0.15) is 23.0 Å². The standard InChI is InChI=1S/C17H22N6/c1-3-5-8-23-16(4-2)20-13-7-6-12(21-17(13)23)11-9-14(18)22-15(19)10-11/h6-7,9-10H,3-5,8H2,1-2H3,(H4,18,19,22). The molecule has 0 aliphatic carbocycles. The van der Waals surface area contributed by atoms with Crippen molar-refractivity contribution in [3.05, 3.63) is 30.1 Å². The molecule has 0 unspecified atom stereocenters. The Bertz CT molecular complexity index is 816. The van der Waals surface area contributed by atoms with Crippen molar-refractivity contribution in [1.29, 1.82) is 0 Å². The number of hydrogen-bond acceptors (Lipinski definition) is 5. The fourth-order valence-electron chi connectivity index (χ4n) is 2.75. The van der Waals surface area contributed by atoms with Gasteiger partial charge in [-0.2, -0.15) is 0 Å². The van der Waals surface area contributed by atoms with Gasteiger partial charge in [-0.05, 0) is 30.7 Å². The highest BCUT2D eigenvalue weighted by Gasteiger charge is 2.12. The van der Waals surface area contributed by atoms with Crippen LogP contribution in [0.25, 0.3) is 22.4 Å². The summed E-state index contributed by atoms with van der Waals surface area (Å²) in [5.74, 6) is 1.87. The summed E-state index contributed by atoms with van der Waals surface area (Å²) in [4.78, 5) is 13.5. The zero-order chi connectivity index (χ0) is 16.4. The van der Waals surface area contributed by atoms with Gasteiger partial charge in [-0.3, -0.25) is 0 Å². The zero-order valence-corrected chi connectivity index (χ0v) is 13.6. The molecule has 0 bridgehead atoms. The molecule has 23 heavy (non-hydrogen) atoms. The number of unbranched alkanes of at least 4 members (excludes halogenated alkanes) is 1. The second-order valence-electron chi connectivity index (χ2n) is 5.63. The first-order valence-corrected chi connectivity index (χ1v) is 8.02. The van der Waals surface area contributed by atoms with E-state index in [2.05, 4.69) is 23.4 Å². The molecule has 6 nitrogen and oxygen atoms in total. The van der Waals surface area contributed by atoms with E-state index in [0.717, 1.165) is 54.1 Å². The summed E-state index contributed by atoms with van der Waals surface area (Å²) in [7, 11) is 0. The van der Waals surface area contributed by atoms with E-state index in [1.165, 1.54) is 0 Å². The Hall–Kier alpha value is -2.63. The van der Waals surface area contributed by atoms with Gasteiger partial charge >= 0.3 is 0 Å². The van der Waals surface area contributed by atoms with E-state index in [-0.39, 0.29) is 0 Å². The molecule has 0 saturated carbocycles. The summed E-state index contributed by atoms with van der Waals surface area (Å²) in [6.07, 6.45) is 3.14. The number of fused-ring (bicyclic) bond motifs is 1.